The maximum atomic E-state index is 5.74. The highest BCUT2D eigenvalue weighted by atomic mass is 32.1. The minimum Gasteiger partial charge on any atom is -0.488 e. The van der Waals surface area contributed by atoms with Crippen LogP contribution in [0.3, 0.4) is 0 Å². The second-order valence-corrected chi connectivity index (χ2v) is 5.26. The Morgan fingerprint density at radius 2 is 1.38 bits per heavy atom. The van der Waals surface area contributed by atoms with Crippen molar-refractivity contribution in [1.29, 1.82) is 0 Å². The summed E-state index contributed by atoms with van der Waals surface area (Å²) in [4.78, 5) is 5.27. The summed E-state index contributed by atoms with van der Waals surface area (Å²) in [7, 11) is 0. The Morgan fingerprint density at radius 3 is 2.00 bits per heavy atom. The highest BCUT2D eigenvalue weighted by Crippen LogP contribution is 2.19. The molecule has 0 unspecified atom stereocenters. The first kappa shape index (κ1) is 13.6. The van der Waals surface area contributed by atoms with E-state index in [1.54, 1.807) is 0 Å². The molecule has 1 aromatic heterocycles. The zero-order chi connectivity index (χ0) is 14.3. The van der Waals surface area contributed by atoms with E-state index >= 15 is 0 Å². The van der Waals surface area contributed by atoms with E-state index in [2.05, 4.69) is 10.5 Å². The number of hydrogen-bond donors (Lipinski definition) is 0. The fourth-order valence-corrected chi connectivity index (χ4v) is 2.42. The van der Waals surface area contributed by atoms with Crippen LogP contribution in [0.2, 0.25) is 0 Å². The molecule has 21 heavy (non-hydrogen) atoms. The third-order valence-electron chi connectivity index (χ3n) is 2.90. The van der Waals surface area contributed by atoms with Gasteiger partial charge < -0.3 is 9.47 Å². The number of thiazole rings is 1. The molecule has 1 heterocycles. The molecule has 2 aromatic carbocycles. The number of benzene rings is 2. The van der Waals surface area contributed by atoms with Gasteiger partial charge in [-0.1, -0.05) is 36.4 Å². The van der Waals surface area contributed by atoms with Gasteiger partial charge in [-0.25, -0.2) is 4.98 Å². The van der Waals surface area contributed by atoms with Crippen LogP contribution >= 0.6 is 11.3 Å². The molecule has 3 rings (SSSR count). The summed E-state index contributed by atoms with van der Waals surface area (Å²) < 4.78 is 11.4. The molecule has 1 radical (unpaired) electrons. The molecule has 0 bridgehead atoms. The van der Waals surface area contributed by atoms with E-state index in [1.165, 1.54) is 11.3 Å². The summed E-state index contributed by atoms with van der Waals surface area (Å²) in [6.45, 7) is 0.913. The molecule has 0 aliphatic rings. The monoisotopic (exact) mass is 296 g/mol. The van der Waals surface area contributed by atoms with Gasteiger partial charge in [0.25, 0.3) is 0 Å². The zero-order valence-electron chi connectivity index (χ0n) is 11.4. The van der Waals surface area contributed by atoms with Crippen molar-refractivity contribution in [3.63, 3.8) is 0 Å². The quantitative estimate of drug-likeness (QED) is 0.686. The van der Waals surface area contributed by atoms with Gasteiger partial charge in [-0.2, -0.15) is 0 Å². The van der Waals surface area contributed by atoms with Crippen molar-refractivity contribution in [2.75, 3.05) is 0 Å². The van der Waals surface area contributed by atoms with Crippen LogP contribution in [0.5, 0.6) is 11.5 Å². The zero-order valence-corrected chi connectivity index (χ0v) is 12.2. The molecule has 3 aromatic rings. The van der Waals surface area contributed by atoms with E-state index < -0.39 is 0 Å². The molecule has 4 heteroatoms. The van der Waals surface area contributed by atoms with Gasteiger partial charge in [0.15, 0.2) is 5.51 Å². The van der Waals surface area contributed by atoms with Crippen LogP contribution in [-0.2, 0) is 13.2 Å². The molecule has 0 aliphatic carbocycles. The predicted octanol–water partition coefficient (Wildman–Crippen LogP) is 4.10. The second kappa shape index (κ2) is 6.90. The molecule has 0 N–H and O–H groups in total. The Hall–Kier alpha value is -2.33. The molecule has 0 atom stereocenters. The molecule has 0 amide bonds. The fourth-order valence-electron chi connectivity index (χ4n) is 1.81. The van der Waals surface area contributed by atoms with Gasteiger partial charge in [-0.3, -0.25) is 0 Å². The summed E-state index contributed by atoms with van der Waals surface area (Å²) in [5.41, 5.74) is 3.78. The Kier molecular flexibility index (Phi) is 4.49. The average molecular weight is 296 g/mol. The minimum atomic E-state index is 0.428. The van der Waals surface area contributed by atoms with Crippen molar-refractivity contribution < 1.29 is 9.47 Å². The molecule has 0 fully saturated rings. The van der Waals surface area contributed by atoms with E-state index in [9.17, 15) is 0 Å². The van der Waals surface area contributed by atoms with Gasteiger partial charge in [0, 0.05) is 0 Å². The molecular weight excluding hydrogens is 282 g/mol. The summed E-state index contributed by atoms with van der Waals surface area (Å²) in [6.07, 6.45) is 0. The Balaban J connectivity index is 1.59. The number of ether oxygens (including phenoxy) is 2. The van der Waals surface area contributed by atoms with Crippen molar-refractivity contribution in [1.82, 2.24) is 4.98 Å². The van der Waals surface area contributed by atoms with Crippen molar-refractivity contribution in [3.05, 3.63) is 76.7 Å². The minimum absolute atomic E-state index is 0.428. The van der Waals surface area contributed by atoms with E-state index in [1.807, 2.05) is 60.7 Å². The molecule has 0 saturated heterocycles. The van der Waals surface area contributed by atoms with Crippen LogP contribution < -0.4 is 9.47 Å². The first-order valence-corrected chi connectivity index (χ1v) is 7.44. The Morgan fingerprint density at radius 1 is 0.810 bits per heavy atom. The summed E-state index contributed by atoms with van der Waals surface area (Å²) in [5.74, 6) is 1.68. The molecule has 3 nitrogen and oxygen atoms in total. The molecule has 0 saturated carbocycles. The van der Waals surface area contributed by atoms with Crippen LogP contribution in [0.25, 0.3) is 0 Å². The lowest BCUT2D eigenvalue weighted by atomic mass is 10.3. The van der Waals surface area contributed by atoms with Gasteiger partial charge in [-0.15, -0.1) is 11.3 Å². The second-order valence-electron chi connectivity index (χ2n) is 4.38. The molecule has 0 aliphatic heterocycles. The lowest BCUT2D eigenvalue weighted by molar-refractivity contribution is 0.285. The fraction of sp³-hybridized carbons (Fsp3) is 0.118. The van der Waals surface area contributed by atoms with Gasteiger partial charge in [0.05, 0.1) is 10.6 Å². The van der Waals surface area contributed by atoms with Crippen LogP contribution in [0.4, 0.5) is 0 Å². The SMILES string of the molecule is [c]1nc(COc2ccccc2)c(COc2ccccc2)s1. The predicted molar refractivity (Wildman–Crippen MR) is 82.5 cm³/mol. The first-order valence-electron chi connectivity index (χ1n) is 6.62. The summed E-state index contributed by atoms with van der Waals surface area (Å²) in [6, 6.07) is 19.4. The van der Waals surface area contributed by atoms with Crippen LogP contribution in [0.1, 0.15) is 10.6 Å². The van der Waals surface area contributed by atoms with Crippen molar-refractivity contribution in [3.8, 4) is 11.5 Å². The number of hydrogen-bond acceptors (Lipinski definition) is 4. The maximum absolute atomic E-state index is 5.74. The van der Waals surface area contributed by atoms with E-state index in [4.69, 9.17) is 9.47 Å². The van der Waals surface area contributed by atoms with E-state index in [0.717, 1.165) is 22.1 Å². The van der Waals surface area contributed by atoms with Gasteiger partial charge in [0.1, 0.15) is 24.7 Å². The smallest absolute Gasteiger partial charge is 0.153 e. The van der Waals surface area contributed by atoms with Crippen LogP contribution in [-0.4, -0.2) is 4.98 Å². The lowest BCUT2D eigenvalue weighted by Crippen LogP contribution is -2.01. The van der Waals surface area contributed by atoms with Gasteiger partial charge in [0.2, 0.25) is 0 Å². The third-order valence-corrected chi connectivity index (χ3v) is 3.69. The average Bonchev–Trinajstić information content (AvgIpc) is 3.00. The van der Waals surface area contributed by atoms with Gasteiger partial charge >= 0.3 is 0 Å². The van der Waals surface area contributed by atoms with Crippen LogP contribution in [0.15, 0.2) is 60.7 Å². The largest absolute Gasteiger partial charge is 0.488 e. The van der Waals surface area contributed by atoms with Crippen molar-refractivity contribution >= 4 is 11.3 Å². The number of nitrogens with zero attached hydrogens (tertiary/aromatic N) is 1. The van der Waals surface area contributed by atoms with E-state index in [0.29, 0.717) is 13.2 Å². The standard InChI is InChI=1S/C17H14NO2S/c1-3-7-14(8-4-1)19-11-16-17(21-13-18-16)12-20-15-9-5-2-6-10-15/h1-10H,11-12H2. The van der Waals surface area contributed by atoms with Crippen molar-refractivity contribution in [2.45, 2.75) is 13.2 Å². The lowest BCUT2D eigenvalue weighted by Gasteiger charge is -2.07. The molecule has 105 valence electrons. The normalized spacial score (nSPS) is 10.3. The van der Waals surface area contributed by atoms with Crippen LogP contribution in [0, 0.1) is 5.51 Å². The number of rotatable bonds is 6. The molecule has 0 spiro atoms. The summed E-state index contributed by atoms with van der Waals surface area (Å²) >= 11 is 1.46. The third kappa shape index (κ3) is 3.83. The topological polar surface area (TPSA) is 31.4 Å². The Bertz CT molecular complexity index is 610. The number of aromatic nitrogens is 1. The highest BCUT2D eigenvalue weighted by molar-refractivity contribution is 7.09. The van der Waals surface area contributed by atoms with Crippen molar-refractivity contribution in [2.24, 2.45) is 0 Å². The van der Waals surface area contributed by atoms with Gasteiger partial charge in [-0.05, 0) is 24.3 Å². The highest BCUT2D eigenvalue weighted by Gasteiger charge is 2.08. The maximum Gasteiger partial charge on any atom is 0.153 e. The first-order chi connectivity index (χ1) is 10.4. The summed E-state index contributed by atoms with van der Waals surface area (Å²) in [5, 5.41) is 0. The molecular formula is C17H14NO2S. The number of para-hydroxylation sites is 2. The van der Waals surface area contributed by atoms with E-state index in [-0.39, 0.29) is 0 Å². The Labute approximate surface area is 127 Å².